The number of carbonyl (C=O) groups excluding carboxylic acids is 1. The highest BCUT2D eigenvalue weighted by molar-refractivity contribution is 7.73. The van der Waals surface area contributed by atoms with Crippen LogP contribution in [-0.4, -0.2) is 47.5 Å². The lowest BCUT2D eigenvalue weighted by atomic mass is 10.0. The van der Waals surface area contributed by atoms with Crippen molar-refractivity contribution < 1.29 is 22.7 Å². The van der Waals surface area contributed by atoms with Crippen LogP contribution in [0.25, 0.3) is 5.69 Å². The van der Waals surface area contributed by atoms with E-state index in [1.807, 2.05) is 13.3 Å². The monoisotopic (exact) mass is 478 g/mol. The average Bonchev–Trinajstić information content (AvgIpc) is 2.62. The van der Waals surface area contributed by atoms with Crippen molar-refractivity contribution in [2.24, 2.45) is 7.05 Å². The van der Waals surface area contributed by atoms with Crippen molar-refractivity contribution in [3.05, 3.63) is 60.9 Å². The highest BCUT2D eigenvalue weighted by atomic mass is 35.5. The predicted molar refractivity (Wildman–Crippen MR) is 117 cm³/mol. The fourth-order valence-corrected chi connectivity index (χ4v) is 4.84. The summed E-state index contributed by atoms with van der Waals surface area (Å²) in [5.74, 6) is -0.464. The summed E-state index contributed by atoms with van der Waals surface area (Å²) >= 11 is 6.35. The Morgan fingerprint density at radius 1 is 1.26 bits per heavy atom. The molecular formula is C20H23ClF3N2O4P. The molecule has 0 N–H and O–H groups in total. The van der Waals surface area contributed by atoms with Crippen molar-refractivity contribution in [2.45, 2.75) is 25.2 Å². The van der Waals surface area contributed by atoms with E-state index >= 15 is 0 Å². The van der Waals surface area contributed by atoms with Crippen LogP contribution in [0.15, 0.2) is 27.8 Å². The number of carbonyl (C=O) groups is 1. The molecule has 0 fully saturated rings. The van der Waals surface area contributed by atoms with Crippen LogP contribution in [0.1, 0.15) is 16.8 Å². The Morgan fingerprint density at radius 3 is 2.32 bits per heavy atom. The first-order valence-electron chi connectivity index (χ1n) is 9.05. The molecule has 31 heavy (non-hydrogen) atoms. The lowest BCUT2D eigenvalue weighted by Gasteiger charge is -2.25. The minimum absolute atomic E-state index is 0.0857. The molecule has 0 aliphatic heterocycles. The van der Waals surface area contributed by atoms with E-state index in [4.69, 9.17) is 16.3 Å². The van der Waals surface area contributed by atoms with Crippen LogP contribution >= 0.6 is 18.5 Å². The van der Waals surface area contributed by atoms with E-state index in [2.05, 4.69) is 6.30 Å². The van der Waals surface area contributed by atoms with E-state index in [9.17, 15) is 27.6 Å². The van der Waals surface area contributed by atoms with Crippen LogP contribution in [-0.2, 0) is 29.2 Å². The Hall–Kier alpha value is -2.25. The molecule has 0 spiro atoms. The number of ether oxygens (including phenoxy) is 1. The van der Waals surface area contributed by atoms with Crippen molar-refractivity contribution in [1.29, 1.82) is 0 Å². The molecule has 1 aromatic carbocycles. The van der Waals surface area contributed by atoms with E-state index in [-0.39, 0.29) is 12.1 Å². The molecule has 2 rings (SSSR count). The largest absolute Gasteiger partial charge is 0.469 e. The third-order valence-electron chi connectivity index (χ3n) is 4.95. The van der Waals surface area contributed by atoms with Crippen molar-refractivity contribution in [3.63, 3.8) is 0 Å². The molecule has 6 nitrogen and oxygen atoms in total. The van der Waals surface area contributed by atoms with Gasteiger partial charge in [-0.15, -0.1) is 13.2 Å². The second-order valence-corrected chi connectivity index (χ2v) is 12.4. The average molecular weight is 479 g/mol. The van der Waals surface area contributed by atoms with Gasteiger partial charge in [-0.25, -0.2) is 9.36 Å². The second-order valence-electron chi connectivity index (χ2n) is 7.79. The normalized spacial score (nSPS) is 13.2. The number of hydrogen-bond donors (Lipinski definition) is 0. The maximum absolute atomic E-state index is 13.1. The molecule has 0 saturated carbocycles. The molecule has 0 amide bonds. The second kappa shape index (κ2) is 8.71. The number of benzene rings is 1. The standard InChI is InChI=1S/C20H23ClF3N2O4P/c1-11-7-13(21)12(9-15(18(28)30-3)31(4,5)6)8-14(11)26-17(27)10-16(20(22,23)24)25(2)19(26)29/h7-8,10,15H,4,9H2,1-3,5-6H3. The summed E-state index contributed by atoms with van der Waals surface area (Å²) in [6.07, 6.45) is -0.632. The van der Waals surface area contributed by atoms with Crippen LogP contribution in [0.3, 0.4) is 0 Å². The SMILES string of the molecule is C=P(C)(C)C(Cc1cc(-n2c(=O)cc(C(F)(F)F)n(C)c2=O)c(C)cc1Cl)C(=O)OC. The van der Waals surface area contributed by atoms with E-state index < -0.39 is 41.6 Å². The molecule has 1 aromatic heterocycles. The molecule has 0 aliphatic carbocycles. The zero-order chi connectivity index (χ0) is 23.9. The summed E-state index contributed by atoms with van der Waals surface area (Å²) in [6.45, 7) is 3.31. The maximum Gasteiger partial charge on any atom is 0.431 e. The van der Waals surface area contributed by atoms with Gasteiger partial charge in [-0.1, -0.05) is 11.6 Å². The first-order valence-corrected chi connectivity index (χ1v) is 12.4. The third kappa shape index (κ3) is 5.15. The molecule has 1 unspecified atom stereocenters. The number of nitrogens with zero attached hydrogens (tertiary/aromatic N) is 2. The van der Waals surface area contributed by atoms with Crippen molar-refractivity contribution in [1.82, 2.24) is 9.13 Å². The van der Waals surface area contributed by atoms with E-state index in [0.29, 0.717) is 31.4 Å². The summed E-state index contributed by atoms with van der Waals surface area (Å²) in [6, 6.07) is 3.31. The Bertz CT molecular complexity index is 1190. The number of rotatable bonds is 5. The van der Waals surface area contributed by atoms with Gasteiger partial charge in [0.05, 0.1) is 18.5 Å². The quantitative estimate of drug-likeness (QED) is 0.488. The Kier molecular flexibility index (Phi) is 7.03. The van der Waals surface area contributed by atoms with Gasteiger partial charge in [-0.2, -0.15) is 13.2 Å². The van der Waals surface area contributed by atoms with Gasteiger partial charge in [0, 0.05) is 18.1 Å². The predicted octanol–water partition coefficient (Wildman–Crippen LogP) is 3.31. The topological polar surface area (TPSA) is 70.3 Å². The summed E-state index contributed by atoms with van der Waals surface area (Å²) in [4.78, 5) is 37.4. The lowest BCUT2D eigenvalue weighted by molar-refractivity contribution is -0.144. The van der Waals surface area contributed by atoms with Crippen molar-refractivity contribution in [3.8, 4) is 5.69 Å². The number of esters is 1. The number of halogens is 4. The van der Waals surface area contributed by atoms with Gasteiger partial charge in [0.25, 0.3) is 5.56 Å². The molecular weight excluding hydrogens is 456 g/mol. The molecule has 1 heterocycles. The van der Waals surface area contributed by atoms with E-state index in [1.54, 1.807) is 6.92 Å². The zero-order valence-electron chi connectivity index (χ0n) is 17.7. The van der Waals surface area contributed by atoms with Crippen LogP contribution in [0.2, 0.25) is 5.02 Å². The van der Waals surface area contributed by atoms with Gasteiger partial charge < -0.3 is 4.74 Å². The molecule has 170 valence electrons. The lowest BCUT2D eigenvalue weighted by Crippen LogP contribution is -2.41. The Balaban J connectivity index is 2.73. The Labute approximate surface area is 182 Å². The fourth-order valence-electron chi connectivity index (χ4n) is 3.18. The molecule has 1 atom stereocenters. The molecule has 11 heteroatoms. The van der Waals surface area contributed by atoms with Crippen LogP contribution in [0.4, 0.5) is 13.2 Å². The first-order chi connectivity index (χ1) is 14.1. The number of aryl methyl sites for hydroxylation is 1. The highest BCUT2D eigenvalue weighted by Crippen LogP contribution is 2.44. The van der Waals surface area contributed by atoms with E-state index in [0.717, 1.165) is 7.05 Å². The van der Waals surface area contributed by atoms with Gasteiger partial charge in [-0.3, -0.25) is 14.2 Å². The smallest absolute Gasteiger partial charge is 0.431 e. The Morgan fingerprint density at radius 2 is 1.84 bits per heavy atom. The van der Waals surface area contributed by atoms with Gasteiger partial charge in [0.15, 0.2) is 0 Å². The summed E-state index contributed by atoms with van der Waals surface area (Å²) < 4.78 is 45.3. The molecule has 0 saturated heterocycles. The maximum atomic E-state index is 13.1. The van der Waals surface area contributed by atoms with Crippen LogP contribution in [0.5, 0.6) is 0 Å². The summed E-state index contributed by atoms with van der Waals surface area (Å²) in [7, 11) is 2.20. The van der Waals surface area contributed by atoms with Gasteiger partial charge in [0.2, 0.25) is 0 Å². The zero-order valence-corrected chi connectivity index (χ0v) is 19.4. The molecule has 0 aliphatic rings. The van der Waals surface area contributed by atoms with Crippen LogP contribution < -0.4 is 11.2 Å². The van der Waals surface area contributed by atoms with Gasteiger partial charge in [-0.05, 0) is 49.9 Å². The highest BCUT2D eigenvalue weighted by Gasteiger charge is 2.35. The van der Waals surface area contributed by atoms with Crippen LogP contribution in [0, 0.1) is 6.92 Å². The van der Waals surface area contributed by atoms with Gasteiger partial charge >= 0.3 is 17.8 Å². The van der Waals surface area contributed by atoms with Crippen molar-refractivity contribution in [2.75, 3.05) is 20.4 Å². The van der Waals surface area contributed by atoms with Crippen molar-refractivity contribution >= 4 is 30.8 Å². The number of aromatic nitrogens is 2. The van der Waals surface area contributed by atoms with Gasteiger partial charge in [0.1, 0.15) is 5.69 Å². The minimum atomic E-state index is -4.86. The number of alkyl halides is 3. The molecule has 2 aromatic rings. The van der Waals surface area contributed by atoms with E-state index in [1.165, 1.54) is 19.2 Å². The number of hydrogen-bond acceptors (Lipinski definition) is 4. The fraction of sp³-hybridized carbons (Fsp3) is 0.400. The summed E-state index contributed by atoms with van der Waals surface area (Å²) in [5, 5.41) is 0.292. The molecule has 0 bridgehead atoms. The summed E-state index contributed by atoms with van der Waals surface area (Å²) in [5.41, 5.74) is -3.26. The molecule has 0 radical (unpaired) electrons. The minimum Gasteiger partial charge on any atom is -0.469 e. The number of methoxy groups -OCH3 is 1. The third-order valence-corrected chi connectivity index (χ3v) is 7.38. The first kappa shape index (κ1) is 25.0.